The summed E-state index contributed by atoms with van der Waals surface area (Å²) in [6, 6.07) is 3.69. The van der Waals surface area contributed by atoms with Gasteiger partial charge in [-0.3, -0.25) is 9.78 Å². The van der Waals surface area contributed by atoms with E-state index in [1.807, 2.05) is 12.1 Å². The number of nitrogens with zero attached hydrogens (tertiary/aromatic N) is 2. The van der Waals surface area contributed by atoms with E-state index < -0.39 is 0 Å². The molecule has 0 N–H and O–H groups in total. The fourth-order valence-corrected chi connectivity index (χ4v) is 1.48. The van der Waals surface area contributed by atoms with Crippen LogP contribution in [0.1, 0.15) is 18.5 Å². The molecule has 0 aromatic carbocycles. The summed E-state index contributed by atoms with van der Waals surface area (Å²) in [4.78, 5) is 19.1. The first kappa shape index (κ1) is 10.5. The molecule has 0 saturated heterocycles. The standard InChI is InChI=1S/C12H12N2O2/c1-8(15)5-11-6-10(3-4-13-11)12-7-14-9(2)16-12/h3-4,6-7H,5H2,1-2H3. The molecule has 0 unspecified atom stereocenters. The Morgan fingerprint density at radius 3 is 2.88 bits per heavy atom. The van der Waals surface area contributed by atoms with E-state index >= 15 is 0 Å². The Hall–Kier alpha value is -1.97. The number of hydrogen-bond acceptors (Lipinski definition) is 4. The van der Waals surface area contributed by atoms with Gasteiger partial charge in [-0.2, -0.15) is 0 Å². The van der Waals surface area contributed by atoms with Gasteiger partial charge in [0.15, 0.2) is 11.7 Å². The van der Waals surface area contributed by atoms with Crippen molar-refractivity contribution in [3.8, 4) is 11.3 Å². The van der Waals surface area contributed by atoms with Gasteiger partial charge < -0.3 is 4.42 Å². The highest BCUT2D eigenvalue weighted by Crippen LogP contribution is 2.20. The number of ketones is 1. The van der Waals surface area contributed by atoms with E-state index in [2.05, 4.69) is 9.97 Å². The summed E-state index contributed by atoms with van der Waals surface area (Å²) in [7, 11) is 0. The zero-order valence-corrected chi connectivity index (χ0v) is 9.23. The van der Waals surface area contributed by atoms with Crippen molar-refractivity contribution in [2.75, 3.05) is 0 Å². The normalized spacial score (nSPS) is 10.4. The Bertz CT molecular complexity index is 517. The molecule has 2 aromatic rings. The molecule has 0 aliphatic carbocycles. The molecule has 2 heterocycles. The molecule has 82 valence electrons. The van der Waals surface area contributed by atoms with Crippen molar-refractivity contribution in [2.45, 2.75) is 20.3 Å². The van der Waals surface area contributed by atoms with Gasteiger partial charge in [0.1, 0.15) is 5.78 Å². The van der Waals surface area contributed by atoms with Crippen molar-refractivity contribution in [3.05, 3.63) is 36.1 Å². The average molecular weight is 216 g/mol. The summed E-state index contributed by atoms with van der Waals surface area (Å²) in [5, 5.41) is 0. The number of pyridine rings is 1. The molecule has 0 bridgehead atoms. The van der Waals surface area contributed by atoms with Gasteiger partial charge in [0.25, 0.3) is 0 Å². The van der Waals surface area contributed by atoms with Crippen LogP contribution in [0.15, 0.2) is 28.9 Å². The van der Waals surface area contributed by atoms with Crippen molar-refractivity contribution in [3.63, 3.8) is 0 Å². The summed E-state index contributed by atoms with van der Waals surface area (Å²) in [5.41, 5.74) is 1.64. The van der Waals surface area contributed by atoms with Gasteiger partial charge >= 0.3 is 0 Å². The number of hydrogen-bond donors (Lipinski definition) is 0. The number of aromatic nitrogens is 2. The quantitative estimate of drug-likeness (QED) is 0.789. The maximum atomic E-state index is 11.0. The lowest BCUT2D eigenvalue weighted by Gasteiger charge is -1.99. The van der Waals surface area contributed by atoms with Crippen LogP contribution < -0.4 is 0 Å². The predicted octanol–water partition coefficient (Wildman–Crippen LogP) is 2.18. The minimum absolute atomic E-state index is 0.0957. The molecule has 0 atom stereocenters. The van der Waals surface area contributed by atoms with Crippen molar-refractivity contribution < 1.29 is 9.21 Å². The first-order valence-corrected chi connectivity index (χ1v) is 5.02. The molecular weight excluding hydrogens is 204 g/mol. The topological polar surface area (TPSA) is 56.0 Å². The molecule has 4 heteroatoms. The average Bonchev–Trinajstić information content (AvgIpc) is 2.64. The third-order valence-corrected chi connectivity index (χ3v) is 2.15. The van der Waals surface area contributed by atoms with Gasteiger partial charge in [0, 0.05) is 30.8 Å². The Labute approximate surface area is 93.3 Å². The second-order valence-electron chi connectivity index (χ2n) is 3.66. The number of rotatable bonds is 3. The van der Waals surface area contributed by atoms with E-state index in [4.69, 9.17) is 4.42 Å². The zero-order chi connectivity index (χ0) is 11.5. The number of carbonyl (C=O) groups is 1. The molecule has 16 heavy (non-hydrogen) atoms. The molecule has 0 aliphatic rings. The highest BCUT2D eigenvalue weighted by Gasteiger charge is 2.06. The van der Waals surface area contributed by atoms with Crippen LogP contribution in [0, 0.1) is 6.92 Å². The van der Waals surface area contributed by atoms with Crippen LogP contribution in [0.25, 0.3) is 11.3 Å². The number of Topliss-reactive ketones (excluding diaryl/α,β-unsaturated/α-hetero) is 1. The fourth-order valence-electron chi connectivity index (χ4n) is 1.48. The summed E-state index contributed by atoms with van der Waals surface area (Å²) in [5.74, 6) is 1.42. The summed E-state index contributed by atoms with van der Waals surface area (Å²) in [6.07, 6.45) is 3.69. The second-order valence-corrected chi connectivity index (χ2v) is 3.66. The Kier molecular flexibility index (Phi) is 2.81. The number of carbonyl (C=O) groups excluding carboxylic acids is 1. The van der Waals surface area contributed by atoms with Gasteiger partial charge in [-0.05, 0) is 19.1 Å². The van der Waals surface area contributed by atoms with Gasteiger partial charge in [-0.25, -0.2) is 4.98 Å². The van der Waals surface area contributed by atoms with Crippen molar-refractivity contribution >= 4 is 5.78 Å². The fraction of sp³-hybridized carbons (Fsp3) is 0.250. The lowest BCUT2D eigenvalue weighted by molar-refractivity contribution is -0.116. The molecule has 0 aliphatic heterocycles. The predicted molar refractivity (Wildman–Crippen MR) is 58.9 cm³/mol. The van der Waals surface area contributed by atoms with E-state index in [0.717, 1.165) is 11.3 Å². The first-order chi connectivity index (χ1) is 7.65. The monoisotopic (exact) mass is 216 g/mol. The third-order valence-electron chi connectivity index (χ3n) is 2.15. The minimum atomic E-state index is 0.0957. The van der Waals surface area contributed by atoms with Gasteiger partial charge in [-0.15, -0.1) is 0 Å². The van der Waals surface area contributed by atoms with Crippen LogP contribution in [0.4, 0.5) is 0 Å². The van der Waals surface area contributed by atoms with E-state index in [1.165, 1.54) is 0 Å². The molecule has 2 aromatic heterocycles. The number of oxazole rings is 1. The molecular formula is C12H12N2O2. The molecule has 0 spiro atoms. The van der Waals surface area contributed by atoms with Gasteiger partial charge in [-0.1, -0.05) is 0 Å². The van der Waals surface area contributed by atoms with Crippen LogP contribution in [-0.4, -0.2) is 15.8 Å². The summed E-state index contributed by atoms with van der Waals surface area (Å²) >= 11 is 0. The van der Waals surface area contributed by atoms with Crippen LogP contribution in [0.5, 0.6) is 0 Å². The first-order valence-electron chi connectivity index (χ1n) is 5.02. The van der Waals surface area contributed by atoms with E-state index in [0.29, 0.717) is 18.1 Å². The Balaban J connectivity index is 2.32. The maximum Gasteiger partial charge on any atom is 0.191 e. The Morgan fingerprint density at radius 2 is 2.25 bits per heavy atom. The SMILES string of the molecule is CC(=O)Cc1cc(-c2cnc(C)o2)ccn1. The highest BCUT2D eigenvalue weighted by molar-refractivity contribution is 5.78. The highest BCUT2D eigenvalue weighted by atomic mass is 16.4. The van der Waals surface area contributed by atoms with Crippen molar-refractivity contribution in [1.82, 2.24) is 9.97 Å². The Morgan fingerprint density at radius 1 is 1.44 bits per heavy atom. The van der Waals surface area contributed by atoms with Crippen LogP contribution in [0.2, 0.25) is 0 Å². The van der Waals surface area contributed by atoms with Gasteiger partial charge in [0.05, 0.1) is 6.20 Å². The molecule has 2 rings (SSSR count). The largest absolute Gasteiger partial charge is 0.441 e. The minimum Gasteiger partial charge on any atom is -0.441 e. The second kappa shape index (κ2) is 4.26. The molecule has 4 nitrogen and oxygen atoms in total. The van der Waals surface area contributed by atoms with E-state index in [-0.39, 0.29) is 5.78 Å². The van der Waals surface area contributed by atoms with Crippen molar-refractivity contribution in [1.29, 1.82) is 0 Å². The van der Waals surface area contributed by atoms with Gasteiger partial charge in [0.2, 0.25) is 0 Å². The smallest absolute Gasteiger partial charge is 0.191 e. The van der Waals surface area contributed by atoms with Crippen molar-refractivity contribution in [2.24, 2.45) is 0 Å². The number of aryl methyl sites for hydroxylation is 1. The maximum absolute atomic E-state index is 11.0. The zero-order valence-electron chi connectivity index (χ0n) is 9.23. The molecule has 0 radical (unpaired) electrons. The summed E-state index contributed by atoms with van der Waals surface area (Å²) < 4.78 is 5.41. The summed E-state index contributed by atoms with van der Waals surface area (Å²) in [6.45, 7) is 3.34. The molecule has 0 fully saturated rings. The third kappa shape index (κ3) is 2.34. The molecule has 0 amide bonds. The van der Waals surface area contributed by atoms with Crippen LogP contribution in [0.3, 0.4) is 0 Å². The van der Waals surface area contributed by atoms with Crippen LogP contribution in [-0.2, 0) is 11.2 Å². The lowest BCUT2D eigenvalue weighted by Crippen LogP contribution is -1.98. The van der Waals surface area contributed by atoms with E-state index in [1.54, 1.807) is 26.2 Å². The van der Waals surface area contributed by atoms with Crippen LogP contribution >= 0.6 is 0 Å². The molecule has 0 saturated carbocycles. The lowest BCUT2D eigenvalue weighted by atomic mass is 10.1. The van der Waals surface area contributed by atoms with E-state index in [9.17, 15) is 4.79 Å².